The molecule has 2 rings (SSSR count). The van der Waals surface area contributed by atoms with Crippen molar-refractivity contribution in [3.05, 3.63) is 24.4 Å². The molecule has 0 bridgehead atoms. The average Bonchev–Trinajstić information content (AvgIpc) is 2.84. The van der Waals surface area contributed by atoms with Crippen LogP contribution in [-0.2, 0) is 0 Å². The van der Waals surface area contributed by atoms with Crippen LogP contribution in [0.1, 0.15) is 6.42 Å². The molecule has 1 atom stereocenters. The van der Waals surface area contributed by atoms with Gasteiger partial charge in [0.2, 0.25) is 5.88 Å². The van der Waals surface area contributed by atoms with Crippen molar-refractivity contribution in [1.29, 1.82) is 5.26 Å². The summed E-state index contributed by atoms with van der Waals surface area (Å²) in [6.45, 7) is 1.93. The second-order valence-corrected chi connectivity index (χ2v) is 3.19. The fourth-order valence-corrected chi connectivity index (χ4v) is 1.23. The van der Waals surface area contributed by atoms with Gasteiger partial charge < -0.3 is 10.1 Å². The summed E-state index contributed by atoms with van der Waals surface area (Å²) in [5.74, 6) is 0.951. The summed E-state index contributed by atoms with van der Waals surface area (Å²) in [5, 5.41) is 11.4. The van der Waals surface area contributed by atoms with E-state index >= 15 is 0 Å². The van der Waals surface area contributed by atoms with Crippen LogP contribution in [0.2, 0.25) is 0 Å². The zero-order valence-corrected chi connectivity index (χ0v) is 8.81. The first-order valence-electron chi connectivity index (χ1n) is 4.92. The number of nitrogens with zero attached hydrogens (tertiary/aromatic N) is 2. The van der Waals surface area contributed by atoms with E-state index in [1.54, 1.807) is 19.4 Å². The normalized spacial score (nSPS) is 18.5. The van der Waals surface area contributed by atoms with Crippen molar-refractivity contribution >= 4 is 0 Å². The summed E-state index contributed by atoms with van der Waals surface area (Å²) in [6.07, 6.45) is 2.73. The topological polar surface area (TPSA) is 57.9 Å². The summed E-state index contributed by atoms with van der Waals surface area (Å²) < 4.78 is 4.80. The molecule has 0 amide bonds. The van der Waals surface area contributed by atoms with E-state index in [1.165, 1.54) is 0 Å². The number of nitriles is 1. The van der Waals surface area contributed by atoms with E-state index in [0.717, 1.165) is 19.5 Å². The molecule has 1 aliphatic heterocycles. The van der Waals surface area contributed by atoms with E-state index < -0.39 is 0 Å². The predicted molar refractivity (Wildman–Crippen MR) is 57.4 cm³/mol. The Kier molecular flexibility index (Phi) is 5.20. The summed E-state index contributed by atoms with van der Waals surface area (Å²) in [4.78, 5) is 3.88. The Balaban J connectivity index is 0.000000151. The predicted octanol–water partition coefficient (Wildman–Crippen LogP) is 1.21. The van der Waals surface area contributed by atoms with E-state index in [4.69, 9.17) is 10.00 Å². The third-order valence-corrected chi connectivity index (χ3v) is 2.09. The van der Waals surface area contributed by atoms with Crippen molar-refractivity contribution in [2.24, 2.45) is 5.92 Å². The molecule has 1 fully saturated rings. The Morgan fingerprint density at radius 2 is 2.47 bits per heavy atom. The van der Waals surface area contributed by atoms with E-state index in [-0.39, 0.29) is 0 Å². The van der Waals surface area contributed by atoms with Crippen molar-refractivity contribution in [3.63, 3.8) is 0 Å². The van der Waals surface area contributed by atoms with Crippen LogP contribution < -0.4 is 10.1 Å². The van der Waals surface area contributed by atoms with Gasteiger partial charge in [-0.3, -0.25) is 0 Å². The first kappa shape index (κ1) is 11.5. The number of ether oxygens (including phenoxy) is 1. The highest BCUT2D eigenvalue weighted by Gasteiger charge is 2.11. The molecule has 80 valence electrons. The number of hydrogen-bond donors (Lipinski definition) is 1. The molecule has 1 aromatic rings. The molecule has 1 N–H and O–H groups in total. The molecule has 15 heavy (non-hydrogen) atoms. The van der Waals surface area contributed by atoms with Crippen molar-refractivity contribution in [3.8, 4) is 11.9 Å². The Morgan fingerprint density at radius 1 is 1.60 bits per heavy atom. The summed E-state index contributed by atoms with van der Waals surface area (Å²) in [5.41, 5.74) is 0. The summed E-state index contributed by atoms with van der Waals surface area (Å²) in [7, 11) is 1.60. The van der Waals surface area contributed by atoms with Crippen LogP contribution >= 0.6 is 0 Å². The lowest BCUT2D eigenvalue weighted by Gasteiger charge is -1.92. The van der Waals surface area contributed by atoms with Crippen molar-refractivity contribution in [2.75, 3.05) is 20.2 Å². The highest BCUT2D eigenvalue weighted by molar-refractivity contribution is 5.08. The molecular formula is C11H15N3O. The number of aromatic nitrogens is 1. The second kappa shape index (κ2) is 6.80. The number of rotatable bonds is 1. The molecule has 1 aliphatic rings. The lowest BCUT2D eigenvalue weighted by Crippen LogP contribution is -2.07. The maximum absolute atomic E-state index is 8.28. The smallest absolute Gasteiger partial charge is 0.212 e. The molecule has 0 spiro atoms. The summed E-state index contributed by atoms with van der Waals surface area (Å²) in [6, 6.07) is 7.74. The van der Waals surface area contributed by atoms with E-state index in [2.05, 4.69) is 16.4 Å². The van der Waals surface area contributed by atoms with Crippen molar-refractivity contribution in [1.82, 2.24) is 10.3 Å². The van der Waals surface area contributed by atoms with Gasteiger partial charge >= 0.3 is 0 Å². The largest absolute Gasteiger partial charge is 0.481 e. The molecule has 2 heterocycles. The molecule has 0 radical (unpaired) electrons. The average molecular weight is 205 g/mol. The third kappa shape index (κ3) is 4.43. The number of methoxy groups -OCH3 is 1. The molecule has 1 saturated heterocycles. The van der Waals surface area contributed by atoms with Crippen LogP contribution in [0, 0.1) is 17.2 Å². The van der Waals surface area contributed by atoms with Gasteiger partial charge in [0.05, 0.1) is 19.1 Å². The van der Waals surface area contributed by atoms with Crippen LogP contribution in [0.25, 0.3) is 0 Å². The minimum Gasteiger partial charge on any atom is -0.481 e. The van der Waals surface area contributed by atoms with Gasteiger partial charge in [-0.05, 0) is 19.0 Å². The van der Waals surface area contributed by atoms with E-state index in [0.29, 0.717) is 11.8 Å². The van der Waals surface area contributed by atoms with Crippen molar-refractivity contribution in [2.45, 2.75) is 6.42 Å². The van der Waals surface area contributed by atoms with Crippen LogP contribution in [-0.4, -0.2) is 25.2 Å². The molecule has 0 aromatic carbocycles. The molecule has 1 aromatic heterocycles. The van der Waals surface area contributed by atoms with Crippen LogP contribution in [0.15, 0.2) is 24.4 Å². The van der Waals surface area contributed by atoms with Gasteiger partial charge in [-0.2, -0.15) is 5.26 Å². The maximum atomic E-state index is 8.28. The fraction of sp³-hybridized carbons (Fsp3) is 0.455. The van der Waals surface area contributed by atoms with Gasteiger partial charge in [0, 0.05) is 18.8 Å². The van der Waals surface area contributed by atoms with Crippen molar-refractivity contribution < 1.29 is 4.74 Å². The van der Waals surface area contributed by atoms with Gasteiger partial charge in [0.15, 0.2) is 0 Å². The Labute approximate surface area is 89.9 Å². The zero-order chi connectivity index (χ0) is 10.9. The monoisotopic (exact) mass is 205 g/mol. The first-order chi connectivity index (χ1) is 7.36. The van der Waals surface area contributed by atoms with Gasteiger partial charge in [0.1, 0.15) is 0 Å². The standard InChI is InChI=1S/C6H7NO.C5H8N2/c1-8-6-4-2-3-5-7-6;6-3-5-1-2-7-4-5/h2-5H,1H3;5,7H,1-2,4H2. The lowest BCUT2D eigenvalue weighted by molar-refractivity contribution is 0.398. The molecular weight excluding hydrogens is 190 g/mol. The number of hydrogen-bond acceptors (Lipinski definition) is 4. The van der Waals surface area contributed by atoms with Gasteiger partial charge in [-0.25, -0.2) is 4.98 Å². The third-order valence-electron chi connectivity index (χ3n) is 2.09. The number of nitrogens with one attached hydrogen (secondary N) is 1. The molecule has 0 aliphatic carbocycles. The minimum atomic E-state index is 0.292. The zero-order valence-electron chi connectivity index (χ0n) is 8.81. The fourth-order valence-electron chi connectivity index (χ4n) is 1.23. The van der Waals surface area contributed by atoms with Gasteiger partial charge in [0.25, 0.3) is 0 Å². The number of pyridine rings is 1. The molecule has 4 nitrogen and oxygen atoms in total. The highest BCUT2D eigenvalue weighted by Crippen LogP contribution is 2.03. The SMILES string of the molecule is COc1ccccn1.N#CC1CCNC1. The second-order valence-electron chi connectivity index (χ2n) is 3.19. The summed E-state index contributed by atoms with van der Waals surface area (Å²) >= 11 is 0. The quantitative estimate of drug-likeness (QED) is 0.748. The van der Waals surface area contributed by atoms with Gasteiger partial charge in [-0.1, -0.05) is 6.07 Å². The van der Waals surface area contributed by atoms with E-state index in [9.17, 15) is 0 Å². The lowest BCUT2D eigenvalue weighted by atomic mass is 10.2. The maximum Gasteiger partial charge on any atom is 0.212 e. The Bertz CT molecular complexity index is 301. The van der Waals surface area contributed by atoms with Crippen LogP contribution in [0.4, 0.5) is 0 Å². The Morgan fingerprint density at radius 3 is 2.80 bits per heavy atom. The van der Waals surface area contributed by atoms with Crippen LogP contribution in [0.5, 0.6) is 5.88 Å². The minimum absolute atomic E-state index is 0.292. The first-order valence-corrected chi connectivity index (χ1v) is 4.92. The molecule has 4 heteroatoms. The highest BCUT2D eigenvalue weighted by atomic mass is 16.5. The molecule has 0 saturated carbocycles. The van der Waals surface area contributed by atoms with Gasteiger partial charge in [-0.15, -0.1) is 0 Å². The van der Waals surface area contributed by atoms with E-state index in [1.807, 2.05) is 12.1 Å². The molecule has 1 unspecified atom stereocenters. The Hall–Kier alpha value is -1.60. The van der Waals surface area contributed by atoms with Crippen LogP contribution in [0.3, 0.4) is 0 Å².